The van der Waals surface area contributed by atoms with Crippen LogP contribution in [0.1, 0.15) is 31.1 Å². The van der Waals surface area contributed by atoms with Crippen LogP contribution in [0.15, 0.2) is 47.4 Å². The van der Waals surface area contributed by atoms with Gasteiger partial charge in [-0.15, -0.1) is 0 Å². The highest BCUT2D eigenvalue weighted by molar-refractivity contribution is 5.28. The molecule has 1 aromatic heterocycles. The molecule has 21 heavy (non-hydrogen) atoms. The van der Waals surface area contributed by atoms with Gasteiger partial charge < -0.3 is 14.4 Å². The molecule has 1 aromatic carbocycles. The van der Waals surface area contributed by atoms with Gasteiger partial charge >= 0.3 is 0 Å². The topological polar surface area (TPSA) is 51.5 Å². The molecule has 0 bridgehead atoms. The molecule has 0 aliphatic carbocycles. The van der Waals surface area contributed by atoms with Gasteiger partial charge in [0, 0.05) is 11.8 Å². The molecule has 0 saturated carbocycles. The summed E-state index contributed by atoms with van der Waals surface area (Å²) in [4.78, 5) is 11.9. The van der Waals surface area contributed by atoms with Crippen molar-refractivity contribution in [2.45, 2.75) is 39.5 Å². The van der Waals surface area contributed by atoms with Gasteiger partial charge in [0.15, 0.2) is 0 Å². The highest BCUT2D eigenvalue weighted by atomic mass is 16.5. The Morgan fingerprint density at radius 2 is 1.86 bits per heavy atom. The quantitative estimate of drug-likeness (QED) is 0.920. The standard InChI is InChI=1S/C17H21NO3/c1-12(2)21-15-8-6-14(7-9-15)16(19)11-18-10-4-5-13(3)17(18)20/h4-10,12,16,19H,11H2,1-3H3. The average molecular weight is 287 g/mol. The Morgan fingerprint density at radius 1 is 1.19 bits per heavy atom. The van der Waals surface area contributed by atoms with E-state index in [1.165, 1.54) is 4.57 Å². The molecule has 4 nitrogen and oxygen atoms in total. The summed E-state index contributed by atoms with van der Waals surface area (Å²) in [5.74, 6) is 0.772. The Morgan fingerprint density at radius 3 is 2.48 bits per heavy atom. The molecular weight excluding hydrogens is 266 g/mol. The molecule has 0 saturated heterocycles. The average Bonchev–Trinajstić information content (AvgIpc) is 2.44. The summed E-state index contributed by atoms with van der Waals surface area (Å²) in [6.45, 7) is 5.94. The number of aliphatic hydroxyl groups excluding tert-OH is 1. The Labute approximate surface area is 124 Å². The van der Waals surface area contributed by atoms with E-state index in [1.807, 2.05) is 44.2 Å². The molecular formula is C17H21NO3. The summed E-state index contributed by atoms with van der Waals surface area (Å²) in [5.41, 5.74) is 1.36. The van der Waals surface area contributed by atoms with Crippen LogP contribution in [0, 0.1) is 6.92 Å². The zero-order valence-corrected chi connectivity index (χ0v) is 12.6. The number of aliphatic hydroxyl groups is 1. The fourth-order valence-electron chi connectivity index (χ4n) is 2.13. The molecule has 0 aliphatic rings. The molecule has 1 N–H and O–H groups in total. The predicted octanol–water partition coefficient (Wildman–Crippen LogP) is 2.68. The van der Waals surface area contributed by atoms with Crippen LogP contribution in [0.3, 0.4) is 0 Å². The normalized spacial score (nSPS) is 12.4. The zero-order valence-electron chi connectivity index (χ0n) is 12.6. The largest absolute Gasteiger partial charge is 0.491 e. The summed E-state index contributed by atoms with van der Waals surface area (Å²) in [6, 6.07) is 10.9. The van der Waals surface area contributed by atoms with Crippen LogP contribution in [0.2, 0.25) is 0 Å². The van der Waals surface area contributed by atoms with E-state index in [-0.39, 0.29) is 18.2 Å². The Balaban J connectivity index is 2.11. The lowest BCUT2D eigenvalue weighted by Crippen LogP contribution is -2.24. The maximum atomic E-state index is 11.9. The third-order valence-electron chi connectivity index (χ3n) is 3.22. The minimum Gasteiger partial charge on any atom is -0.491 e. The van der Waals surface area contributed by atoms with Gasteiger partial charge in [-0.1, -0.05) is 18.2 Å². The monoisotopic (exact) mass is 287 g/mol. The molecule has 0 aliphatic heterocycles. The fourth-order valence-corrected chi connectivity index (χ4v) is 2.13. The van der Waals surface area contributed by atoms with Crippen LogP contribution in [-0.2, 0) is 6.54 Å². The Bertz CT molecular complexity index is 644. The van der Waals surface area contributed by atoms with Crippen LogP contribution in [0.5, 0.6) is 5.75 Å². The van der Waals surface area contributed by atoms with E-state index in [1.54, 1.807) is 19.2 Å². The first-order chi connectivity index (χ1) is 9.97. The first-order valence-electron chi connectivity index (χ1n) is 7.08. The second-order valence-electron chi connectivity index (χ2n) is 5.40. The molecule has 0 radical (unpaired) electrons. The van der Waals surface area contributed by atoms with Gasteiger partial charge in [-0.25, -0.2) is 0 Å². The Hall–Kier alpha value is -2.07. The van der Waals surface area contributed by atoms with Gasteiger partial charge in [0.2, 0.25) is 0 Å². The lowest BCUT2D eigenvalue weighted by molar-refractivity contribution is 0.155. The highest BCUT2D eigenvalue weighted by Gasteiger charge is 2.10. The Kier molecular flexibility index (Phi) is 4.81. The van der Waals surface area contributed by atoms with Crippen molar-refractivity contribution >= 4 is 0 Å². The van der Waals surface area contributed by atoms with Crippen molar-refractivity contribution < 1.29 is 9.84 Å². The first kappa shape index (κ1) is 15.3. The summed E-state index contributed by atoms with van der Waals surface area (Å²) >= 11 is 0. The van der Waals surface area contributed by atoms with Gasteiger partial charge in [0.05, 0.1) is 18.8 Å². The fraction of sp³-hybridized carbons (Fsp3) is 0.353. The van der Waals surface area contributed by atoms with E-state index < -0.39 is 6.10 Å². The molecule has 4 heteroatoms. The number of aromatic nitrogens is 1. The molecule has 2 rings (SSSR count). The third kappa shape index (κ3) is 3.95. The van der Waals surface area contributed by atoms with Crippen LogP contribution >= 0.6 is 0 Å². The molecule has 112 valence electrons. The lowest BCUT2D eigenvalue weighted by Gasteiger charge is -2.15. The molecule has 0 spiro atoms. The first-order valence-corrected chi connectivity index (χ1v) is 7.08. The number of pyridine rings is 1. The third-order valence-corrected chi connectivity index (χ3v) is 3.22. The number of hydrogen-bond donors (Lipinski definition) is 1. The SMILES string of the molecule is Cc1cccn(CC(O)c2ccc(OC(C)C)cc2)c1=O. The number of nitrogens with zero attached hydrogens (tertiary/aromatic N) is 1. The van der Waals surface area contributed by atoms with Gasteiger partial charge in [-0.05, 0) is 44.5 Å². The van der Waals surface area contributed by atoms with Crippen molar-refractivity contribution in [2.24, 2.45) is 0 Å². The van der Waals surface area contributed by atoms with Gasteiger partial charge in [-0.3, -0.25) is 4.79 Å². The van der Waals surface area contributed by atoms with E-state index >= 15 is 0 Å². The van der Waals surface area contributed by atoms with Crippen molar-refractivity contribution in [1.29, 1.82) is 0 Å². The molecule has 1 atom stereocenters. The van der Waals surface area contributed by atoms with Crippen molar-refractivity contribution in [3.8, 4) is 5.75 Å². The maximum Gasteiger partial charge on any atom is 0.253 e. The number of hydrogen-bond acceptors (Lipinski definition) is 3. The smallest absolute Gasteiger partial charge is 0.253 e. The van der Waals surface area contributed by atoms with Gasteiger partial charge in [0.1, 0.15) is 5.75 Å². The molecule has 2 aromatic rings. The van der Waals surface area contributed by atoms with E-state index in [4.69, 9.17) is 4.74 Å². The van der Waals surface area contributed by atoms with Crippen molar-refractivity contribution in [3.63, 3.8) is 0 Å². The highest BCUT2D eigenvalue weighted by Crippen LogP contribution is 2.19. The summed E-state index contributed by atoms with van der Waals surface area (Å²) < 4.78 is 7.09. The van der Waals surface area contributed by atoms with E-state index in [0.717, 1.165) is 11.3 Å². The van der Waals surface area contributed by atoms with Crippen LogP contribution < -0.4 is 10.3 Å². The number of rotatable bonds is 5. The summed E-state index contributed by atoms with van der Waals surface area (Å²) in [5, 5.41) is 10.3. The number of benzene rings is 1. The van der Waals surface area contributed by atoms with Crippen LogP contribution in [0.4, 0.5) is 0 Å². The van der Waals surface area contributed by atoms with Crippen molar-refractivity contribution in [3.05, 3.63) is 64.1 Å². The second kappa shape index (κ2) is 6.59. The lowest BCUT2D eigenvalue weighted by atomic mass is 10.1. The van der Waals surface area contributed by atoms with Gasteiger partial charge in [0.25, 0.3) is 5.56 Å². The number of aryl methyl sites for hydroxylation is 1. The van der Waals surface area contributed by atoms with E-state index in [2.05, 4.69) is 0 Å². The van der Waals surface area contributed by atoms with E-state index in [9.17, 15) is 9.90 Å². The molecule has 0 fully saturated rings. The summed E-state index contributed by atoms with van der Waals surface area (Å²) in [7, 11) is 0. The molecule has 1 heterocycles. The predicted molar refractivity (Wildman–Crippen MR) is 82.6 cm³/mol. The maximum absolute atomic E-state index is 11.9. The second-order valence-corrected chi connectivity index (χ2v) is 5.40. The van der Waals surface area contributed by atoms with Crippen molar-refractivity contribution in [2.75, 3.05) is 0 Å². The number of ether oxygens (including phenoxy) is 1. The van der Waals surface area contributed by atoms with Crippen molar-refractivity contribution in [1.82, 2.24) is 4.57 Å². The zero-order chi connectivity index (χ0) is 15.4. The van der Waals surface area contributed by atoms with Crippen LogP contribution in [-0.4, -0.2) is 15.8 Å². The minimum absolute atomic E-state index is 0.0729. The molecule has 0 amide bonds. The van der Waals surface area contributed by atoms with E-state index in [0.29, 0.717) is 5.56 Å². The summed E-state index contributed by atoms with van der Waals surface area (Å²) in [6.07, 6.45) is 1.08. The minimum atomic E-state index is -0.724. The molecule has 1 unspecified atom stereocenters. The van der Waals surface area contributed by atoms with Crippen LogP contribution in [0.25, 0.3) is 0 Å². The van der Waals surface area contributed by atoms with Gasteiger partial charge in [-0.2, -0.15) is 0 Å².